The molecule has 1 aromatic carbocycles. The lowest BCUT2D eigenvalue weighted by Gasteiger charge is -2.05. The van der Waals surface area contributed by atoms with Crippen molar-refractivity contribution in [2.24, 2.45) is 0 Å². The summed E-state index contributed by atoms with van der Waals surface area (Å²) in [5.41, 5.74) is 1.80. The van der Waals surface area contributed by atoms with E-state index in [1.807, 2.05) is 6.07 Å². The van der Waals surface area contributed by atoms with Crippen LogP contribution >= 0.6 is 0 Å². The lowest BCUT2D eigenvalue weighted by Crippen LogP contribution is -2.00. The molecule has 5 nitrogen and oxygen atoms in total. The SMILES string of the molecule is Cc1cc(CNc2ccccc2C#N)oc1C(=O)O. The molecule has 0 fully saturated rings. The summed E-state index contributed by atoms with van der Waals surface area (Å²) in [5, 5.41) is 20.9. The van der Waals surface area contributed by atoms with Gasteiger partial charge in [-0.1, -0.05) is 12.1 Å². The molecule has 0 saturated heterocycles. The summed E-state index contributed by atoms with van der Waals surface area (Å²) in [6, 6.07) is 10.8. The Balaban J connectivity index is 2.13. The summed E-state index contributed by atoms with van der Waals surface area (Å²) < 4.78 is 5.23. The number of hydrogen-bond donors (Lipinski definition) is 2. The van der Waals surface area contributed by atoms with Crippen molar-refractivity contribution in [3.05, 3.63) is 53.0 Å². The van der Waals surface area contributed by atoms with Gasteiger partial charge in [-0.3, -0.25) is 0 Å². The van der Waals surface area contributed by atoms with Crippen LogP contribution in [0.5, 0.6) is 0 Å². The zero-order valence-electron chi connectivity index (χ0n) is 10.3. The average molecular weight is 256 g/mol. The van der Waals surface area contributed by atoms with E-state index in [9.17, 15) is 4.79 Å². The molecule has 0 aliphatic heterocycles. The molecule has 2 aromatic rings. The van der Waals surface area contributed by atoms with Gasteiger partial charge in [0.15, 0.2) is 0 Å². The Bertz CT molecular complexity index is 653. The van der Waals surface area contributed by atoms with Gasteiger partial charge < -0.3 is 14.8 Å². The number of benzene rings is 1. The number of nitrogens with one attached hydrogen (secondary N) is 1. The number of para-hydroxylation sites is 1. The number of aromatic carboxylic acids is 1. The number of nitriles is 1. The smallest absolute Gasteiger partial charge is 0.372 e. The van der Waals surface area contributed by atoms with Gasteiger partial charge in [0, 0.05) is 5.56 Å². The maximum atomic E-state index is 10.9. The molecular formula is C14H12N2O3. The number of hydrogen-bond acceptors (Lipinski definition) is 4. The third kappa shape index (κ3) is 2.75. The average Bonchev–Trinajstić information content (AvgIpc) is 2.78. The van der Waals surface area contributed by atoms with Crippen LogP contribution in [0.15, 0.2) is 34.7 Å². The van der Waals surface area contributed by atoms with Gasteiger partial charge in [0.1, 0.15) is 11.8 Å². The lowest BCUT2D eigenvalue weighted by atomic mass is 10.2. The number of aryl methyl sites for hydroxylation is 1. The van der Waals surface area contributed by atoms with E-state index in [1.165, 1.54) is 0 Å². The van der Waals surface area contributed by atoms with Crippen LogP contribution in [-0.4, -0.2) is 11.1 Å². The van der Waals surface area contributed by atoms with Crippen molar-refractivity contribution in [2.75, 3.05) is 5.32 Å². The predicted octanol–water partition coefficient (Wildman–Crippen LogP) is 2.77. The quantitative estimate of drug-likeness (QED) is 0.878. The first-order chi connectivity index (χ1) is 9.11. The molecular weight excluding hydrogens is 244 g/mol. The topological polar surface area (TPSA) is 86.3 Å². The second-order valence-electron chi connectivity index (χ2n) is 4.04. The van der Waals surface area contributed by atoms with E-state index in [0.29, 0.717) is 29.1 Å². The minimum atomic E-state index is -1.08. The van der Waals surface area contributed by atoms with E-state index in [2.05, 4.69) is 11.4 Å². The van der Waals surface area contributed by atoms with Gasteiger partial charge in [0.25, 0.3) is 0 Å². The number of carboxylic acid groups (broad SMARTS) is 1. The highest BCUT2D eigenvalue weighted by Crippen LogP contribution is 2.18. The first-order valence-corrected chi connectivity index (χ1v) is 5.67. The first kappa shape index (κ1) is 12.7. The van der Waals surface area contributed by atoms with E-state index < -0.39 is 5.97 Å². The van der Waals surface area contributed by atoms with Crippen molar-refractivity contribution in [1.82, 2.24) is 0 Å². The standard InChI is InChI=1S/C14H12N2O3/c1-9-6-11(19-13(9)14(17)18)8-16-12-5-3-2-4-10(12)7-15/h2-6,16H,8H2,1H3,(H,17,18). The molecule has 19 heavy (non-hydrogen) atoms. The molecule has 0 amide bonds. The second-order valence-corrected chi connectivity index (χ2v) is 4.04. The van der Waals surface area contributed by atoms with Crippen LogP contribution in [0.3, 0.4) is 0 Å². The highest BCUT2D eigenvalue weighted by molar-refractivity contribution is 5.86. The Morgan fingerprint density at radius 2 is 2.21 bits per heavy atom. The van der Waals surface area contributed by atoms with Crippen molar-refractivity contribution < 1.29 is 14.3 Å². The summed E-state index contributed by atoms with van der Waals surface area (Å²) in [6.07, 6.45) is 0. The highest BCUT2D eigenvalue weighted by atomic mass is 16.4. The fourth-order valence-corrected chi connectivity index (χ4v) is 1.76. The van der Waals surface area contributed by atoms with Crippen LogP contribution in [-0.2, 0) is 6.54 Å². The van der Waals surface area contributed by atoms with Crippen molar-refractivity contribution in [2.45, 2.75) is 13.5 Å². The van der Waals surface area contributed by atoms with E-state index in [1.54, 1.807) is 31.2 Å². The molecule has 5 heteroatoms. The molecule has 1 aromatic heterocycles. The van der Waals surface area contributed by atoms with Crippen LogP contribution in [0, 0.1) is 18.3 Å². The summed E-state index contributed by atoms with van der Waals surface area (Å²) in [5.74, 6) is -0.616. The van der Waals surface area contributed by atoms with Gasteiger partial charge in [-0.05, 0) is 25.1 Å². The Kier molecular flexibility index (Phi) is 3.53. The summed E-state index contributed by atoms with van der Waals surface area (Å²) >= 11 is 0. The minimum absolute atomic E-state index is 0.0506. The van der Waals surface area contributed by atoms with Crippen LogP contribution in [0.1, 0.15) is 27.4 Å². The molecule has 0 bridgehead atoms. The van der Waals surface area contributed by atoms with Gasteiger partial charge in [0.2, 0.25) is 5.76 Å². The number of carboxylic acids is 1. The third-order valence-electron chi connectivity index (χ3n) is 2.66. The molecule has 0 spiro atoms. The van der Waals surface area contributed by atoms with E-state index in [-0.39, 0.29) is 5.76 Å². The zero-order chi connectivity index (χ0) is 13.8. The van der Waals surface area contributed by atoms with E-state index in [0.717, 1.165) is 0 Å². The molecule has 0 aliphatic carbocycles. The Labute approximate surface area is 110 Å². The molecule has 1 heterocycles. The summed E-state index contributed by atoms with van der Waals surface area (Å²) in [7, 11) is 0. The van der Waals surface area contributed by atoms with Crippen LogP contribution < -0.4 is 5.32 Å². The van der Waals surface area contributed by atoms with Gasteiger partial charge in [-0.2, -0.15) is 5.26 Å². The number of furan rings is 1. The van der Waals surface area contributed by atoms with Gasteiger partial charge >= 0.3 is 5.97 Å². The largest absolute Gasteiger partial charge is 0.475 e. The van der Waals surface area contributed by atoms with Crippen molar-refractivity contribution in [1.29, 1.82) is 5.26 Å². The minimum Gasteiger partial charge on any atom is -0.475 e. The first-order valence-electron chi connectivity index (χ1n) is 5.67. The third-order valence-corrected chi connectivity index (χ3v) is 2.66. The molecule has 0 unspecified atom stereocenters. The van der Waals surface area contributed by atoms with Crippen LogP contribution in [0.25, 0.3) is 0 Å². The number of carbonyl (C=O) groups is 1. The fraction of sp³-hybridized carbons (Fsp3) is 0.143. The zero-order valence-corrected chi connectivity index (χ0v) is 10.3. The monoisotopic (exact) mass is 256 g/mol. The predicted molar refractivity (Wildman–Crippen MR) is 68.9 cm³/mol. The normalized spacial score (nSPS) is 9.89. The van der Waals surface area contributed by atoms with Crippen molar-refractivity contribution in [3.63, 3.8) is 0 Å². The summed E-state index contributed by atoms with van der Waals surface area (Å²) in [4.78, 5) is 10.9. The fourth-order valence-electron chi connectivity index (χ4n) is 1.76. The Hall–Kier alpha value is -2.74. The second kappa shape index (κ2) is 5.27. The highest BCUT2D eigenvalue weighted by Gasteiger charge is 2.14. The van der Waals surface area contributed by atoms with Gasteiger partial charge in [0.05, 0.1) is 17.8 Å². The van der Waals surface area contributed by atoms with Gasteiger partial charge in [-0.15, -0.1) is 0 Å². The molecule has 0 radical (unpaired) electrons. The molecule has 2 N–H and O–H groups in total. The molecule has 0 aliphatic rings. The van der Waals surface area contributed by atoms with Crippen molar-refractivity contribution in [3.8, 4) is 6.07 Å². The van der Waals surface area contributed by atoms with E-state index >= 15 is 0 Å². The number of anilines is 1. The van der Waals surface area contributed by atoms with Crippen molar-refractivity contribution >= 4 is 11.7 Å². The number of nitrogens with zero attached hydrogens (tertiary/aromatic N) is 1. The number of rotatable bonds is 4. The maximum absolute atomic E-state index is 10.9. The van der Waals surface area contributed by atoms with Crippen LogP contribution in [0.2, 0.25) is 0 Å². The Morgan fingerprint density at radius 1 is 1.47 bits per heavy atom. The molecule has 96 valence electrons. The molecule has 0 saturated carbocycles. The molecule has 0 atom stereocenters. The van der Waals surface area contributed by atoms with Crippen LogP contribution in [0.4, 0.5) is 5.69 Å². The van der Waals surface area contributed by atoms with Gasteiger partial charge in [-0.25, -0.2) is 4.79 Å². The maximum Gasteiger partial charge on any atom is 0.372 e. The molecule has 2 rings (SSSR count). The van der Waals surface area contributed by atoms with E-state index in [4.69, 9.17) is 14.8 Å². The lowest BCUT2D eigenvalue weighted by molar-refractivity contribution is 0.0659. The Morgan fingerprint density at radius 3 is 2.84 bits per heavy atom. The summed E-state index contributed by atoms with van der Waals surface area (Å²) in [6.45, 7) is 2.01.